The average molecular weight is 308 g/mol. The van der Waals surface area contributed by atoms with Crippen molar-refractivity contribution in [2.45, 2.75) is 71.5 Å². The van der Waals surface area contributed by atoms with Crippen LogP contribution in [0.5, 0.6) is 0 Å². The van der Waals surface area contributed by atoms with Gasteiger partial charge in [0, 0.05) is 24.8 Å². The number of nitrogens with zero attached hydrogens (tertiary/aromatic N) is 3. The summed E-state index contributed by atoms with van der Waals surface area (Å²) in [6.45, 7) is 8.09. The van der Waals surface area contributed by atoms with Gasteiger partial charge in [0.2, 0.25) is 0 Å². The van der Waals surface area contributed by atoms with Crippen molar-refractivity contribution < 1.29 is 0 Å². The second-order valence-electron chi connectivity index (χ2n) is 7.41. The van der Waals surface area contributed by atoms with Gasteiger partial charge in [-0.15, -0.1) is 10.2 Å². The van der Waals surface area contributed by atoms with Crippen molar-refractivity contribution in [3.05, 3.63) is 11.6 Å². The Balaban J connectivity index is 1.68. The Hall–Kier alpha value is -0.550. The van der Waals surface area contributed by atoms with Gasteiger partial charge in [0.1, 0.15) is 11.6 Å². The van der Waals surface area contributed by atoms with Crippen molar-refractivity contribution in [3.8, 4) is 0 Å². The Labute approximate surface area is 132 Å². The second kappa shape index (κ2) is 6.29. The average Bonchev–Trinajstić information content (AvgIpc) is 2.67. The van der Waals surface area contributed by atoms with Crippen LogP contribution in [-0.2, 0) is 13.0 Å². The molecular weight excluding hydrogens is 280 g/mol. The fourth-order valence-corrected chi connectivity index (χ4v) is 4.91. The van der Waals surface area contributed by atoms with Crippen LogP contribution in [0.3, 0.4) is 0 Å². The van der Waals surface area contributed by atoms with E-state index < -0.39 is 0 Å². The summed E-state index contributed by atoms with van der Waals surface area (Å²) in [6.07, 6.45) is 6.18. The molecule has 3 rings (SSSR count). The van der Waals surface area contributed by atoms with E-state index >= 15 is 0 Å². The van der Waals surface area contributed by atoms with Gasteiger partial charge in [0.05, 0.1) is 6.04 Å². The van der Waals surface area contributed by atoms with Gasteiger partial charge in [-0.2, -0.15) is 11.8 Å². The second-order valence-corrected chi connectivity index (χ2v) is 8.44. The SMILES string of the molecule is CC(NC1CSCC(C)(C)C1)c1nnc2n1CCCCC2. The summed E-state index contributed by atoms with van der Waals surface area (Å²) in [6, 6.07) is 0.885. The maximum absolute atomic E-state index is 4.48. The number of nitrogens with one attached hydrogen (secondary N) is 1. The minimum Gasteiger partial charge on any atom is -0.314 e. The molecule has 2 aliphatic rings. The first-order valence-electron chi connectivity index (χ1n) is 8.31. The highest BCUT2D eigenvalue weighted by Gasteiger charge is 2.30. The van der Waals surface area contributed by atoms with Crippen LogP contribution in [0, 0.1) is 5.41 Å². The molecule has 4 nitrogen and oxygen atoms in total. The summed E-state index contributed by atoms with van der Waals surface area (Å²) in [5.74, 6) is 4.82. The first-order valence-corrected chi connectivity index (χ1v) is 9.46. The number of aryl methyl sites for hydroxylation is 1. The van der Waals surface area contributed by atoms with Crippen LogP contribution in [-0.4, -0.2) is 32.3 Å². The molecule has 1 aromatic rings. The van der Waals surface area contributed by atoms with Crippen LogP contribution in [0.15, 0.2) is 0 Å². The van der Waals surface area contributed by atoms with E-state index in [0.717, 1.165) is 18.8 Å². The number of thioether (sulfide) groups is 1. The quantitative estimate of drug-likeness (QED) is 0.931. The molecular formula is C16H28N4S. The van der Waals surface area contributed by atoms with Gasteiger partial charge in [-0.1, -0.05) is 20.3 Å². The molecule has 2 aliphatic heterocycles. The lowest BCUT2D eigenvalue weighted by Crippen LogP contribution is -2.42. The lowest BCUT2D eigenvalue weighted by Gasteiger charge is -2.36. The van der Waals surface area contributed by atoms with Crippen molar-refractivity contribution in [3.63, 3.8) is 0 Å². The topological polar surface area (TPSA) is 42.7 Å². The number of hydrogen-bond donors (Lipinski definition) is 1. The lowest BCUT2D eigenvalue weighted by atomic mass is 9.87. The Bertz CT molecular complexity index is 483. The van der Waals surface area contributed by atoms with Gasteiger partial charge in [0.25, 0.3) is 0 Å². The van der Waals surface area contributed by atoms with Gasteiger partial charge in [-0.05, 0) is 37.4 Å². The van der Waals surface area contributed by atoms with E-state index in [-0.39, 0.29) is 0 Å². The summed E-state index contributed by atoms with van der Waals surface area (Å²) < 4.78 is 2.37. The van der Waals surface area contributed by atoms with Crippen molar-refractivity contribution in [1.29, 1.82) is 0 Å². The van der Waals surface area contributed by atoms with E-state index in [0.29, 0.717) is 17.5 Å². The smallest absolute Gasteiger partial charge is 0.149 e. The molecule has 0 amide bonds. The van der Waals surface area contributed by atoms with Crippen LogP contribution in [0.25, 0.3) is 0 Å². The van der Waals surface area contributed by atoms with E-state index in [1.54, 1.807) is 0 Å². The number of rotatable bonds is 3. The lowest BCUT2D eigenvalue weighted by molar-refractivity contribution is 0.300. The Morgan fingerprint density at radius 3 is 2.95 bits per heavy atom. The highest BCUT2D eigenvalue weighted by molar-refractivity contribution is 7.99. The van der Waals surface area contributed by atoms with Gasteiger partial charge in [-0.25, -0.2) is 0 Å². The molecule has 0 saturated carbocycles. The Morgan fingerprint density at radius 1 is 1.29 bits per heavy atom. The van der Waals surface area contributed by atoms with E-state index in [2.05, 4.69) is 52.6 Å². The molecule has 2 atom stereocenters. The van der Waals surface area contributed by atoms with E-state index in [1.165, 1.54) is 43.0 Å². The van der Waals surface area contributed by atoms with Crippen LogP contribution in [0.2, 0.25) is 0 Å². The number of fused-ring (bicyclic) bond motifs is 1. The van der Waals surface area contributed by atoms with E-state index in [1.807, 2.05) is 0 Å². The fraction of sp³-hybridized carbons (Fsp3) is 0.875. The maximum Gasteiger partial charge on any atom is 0.149 e. The van der Waals surface area contributed by atoms with Crippen LogP contribution in [0.1, 0.15) is 64.1 Å². The molecule has 118 valence electrons. The highest BCUT2D eigenvalue weighted by Crippen LogP contribution is 2.34. The van der Waals surface area contributed by atoms with Crippen molar-refractivity contribution in [2.24, 2.45) is 5.41 Å². The molecule has 5 heteroatoms. The Kier molecular flexibility index (Phi) is 4.60. The van der Waals surface area contributed by atoms with Crippen molar-refractivity contribution in [1.82, 2.24) is 20.1 Å². The zero-order valence-electron chi connectivity index (χ0n) is 13.6. The third-order valence-corrected chi connectivity index (χ3v) is 6.25. The molecule has 21 heavy (non-hydrogen) atoms. The maximum atomic E-state index is 4.48. The van der Waals surface area contributed by atoms with Crippen LogP contribution >= 0.6 is 11.8 Å². The molecule has 1 fully saturated rings. The first kappa shape index (κ1) is 15.3. The predicted octanol–water partition coefficient (Wildman–Crippen LogP) is 3.19. The summed E-state index contributed by atoms with van der Waals surface area (Å²) in [5, 5.41) is 12.7. The zero-order chi connectivity index (χ0) is 14.9. The van der Waals surface area contributed by atoms with Crippen molar-refractivity contribution in [2.75, 3.05) is 11.5 Å². The molecule has 1 N–H and O–H groups in total. The summed E-state index contributed by atoms with van der Waals surface area (Å²) in [4.78, 5) is 0. The van der Waals surface area contributed by atoms with Gasteiger partial charge < -0.3 is 9.88 Å². The van der Waals surface area contributed by atoms with Gasteiger partial charge >= 0.3 is 0 Å². The summed E-state index contributed by atoms with van der Waals surface area (Å²) >= 11 is 2.08. The first-order chi connectivity index (χ1) is 10.1. The summed E-state index contributed by atoms with van der Waals surface area (Å²) in [5.41, 5.74) is 0.446. The third-order valence-electron chi connectivity index (χ3n) is 4.62. The van der Waals surface area contributed by atoms with Gasteiger partial charge in [0.15, 0.2) is 0 Å². The molecule has 1 saturated heterocycles. The Morgan fingerprint density at radius 2 is 2.14 bits per heavy atom. The molecule has 1 aromatic heterocycles. The summed E-state index contributed by atoms with van der Waals surface area (Å²) in [7, 11) is 0. The van der Waals surface area contributed by atoms with E-state index in [4.69, 9.17) is 0 Å². The standard InChI is InChI=1S/C16H28N4S/c1-12(17-13-9-16(2,3)11-21-10-13)15-19-18-14-7-5-4-6-8-20(14)15/h12-13,17H,4-11H2,1-3H3. The number of aromatic nitrogens is 3. The highest BCUT2D eigenvalue weighted by atomic mass is 32.2. The molecule has 0 radical (unpaired) electrons. The molecule has 2 unspecified atom stereocenters. The molecule has 0 aliphatic carbocycles. The minimum absolute atomic E-state index is 0.295. The van der Waals surface area contributed by atoms with Gasteiger partial charge in [-0.3, -0.25) is 0 Å². The number of hydrogen-bond acceptors (Lipinski definition) is 4. The molecule has 0 spiro atoms. The largest absolute Gasteiger partial charge is 0.314 e. The fourth-order valence-electron chi connectivity index (χ4n) is 3.63. The zero-order valence-corrected chi connectivity index (χ0v) is 14.4. The van der Waals surface area contributed by atoms with Crippen molar-refractivity contribution >= 4 is 11.8 Å². The molecule has 3 heterocycles. The molecule has 0 bridgehead atoms. The monoisotopic (exact) mass is 308 g/mol. The predicted molar refractivity (Wildman–Crippen MR) is 88.6 cm³/mol. The minimum atomic E-state index is 0.295. The third kappa shape index (κ3) is 3.62. The normalized spacial score (nSPS) is 26.9. The molecule has 0 aromatic carbocycles. The van der Waals surface area contributed by atoms with Crippen LogP contribution < -0.4 is 5.32 Å². The van der Waals surface area contributed by atoms with Crippen LogP contribution in [0.4, 0.5) is 0 Å². The van der Waals surface area contributed by atoms with E-state index in [9.17, 15) is 0 Å².